The quantitative estimate of drug-likeness (QED) is 0.727. The minimum Gasteiger partial charge on any atom is -0.495 e. The van der Waals surface area contributed by atoms with Gasteiger partial charge in [-0.1, -0.05) is 19.1 Å². The smallest absolute Gasteiger partial charge is 0.310 e. The summed E-state index contributed by atoms with van der Waals surface area (Å²) in [5.74, 6) is 0.517. The number of esters is 1. The fraction of sp³-hybridized carbons (Fsp3) is 0.500. The Balaban J connectivity index is 2.80. The first-order chi connectivity index (χ1) is 8.63. The van der Waals surface area contributed by atoms with E-state index in [1.54, 1.807) is 7.11 Å². The van der Waals surface area contributed by atoms with Gasteiger partial charge in [-0.15, -0.1) is 0 Å². The topological polar surface area (TPSA) is 38.8 Å². The van der Waals surface area contributed by atoms with Crippen LogP contribution in [0, 0.1) is 5.92 Å². The molecule has 0 heterocycles. The second kappa shape index (κ2) is 6.89. The maximum atomic E-state index is 11.6. The van der Waals surface area contributed by atoms with Crippen LogP contribution in [0.15, 0.2) is 24.3 Å². The molecule has 4 nitrogen and oxygen atoms in total. The number of benzene rings is 1. The zero-order chi connectivity index (χ0) is 13.5. The number of hydrogen-bond acceptors (Lipinski definition) is 4. The minimum absolute atomic E-state index is 0.120. The highest BCUT2D eigenvalue weighted by atomic mass is 16.5. The van der Waals surface area contributed by atoms with Gasteiger partial charge in [-0.05, 0) is 18.6 Å². The van der Waals surface area contributed by atoms with E-state index < -0.39 is 0 Å². The molecular weight excluding hydrogens is 230 g/mol. The summed E-state index contributed by atoms with van der Waals surface area (Å²) in [5.41, 5.74) is 0.974. The molecule has 0 fully saturated rings. The summed E-state index contributed by atoms with van der Waals surface area (Å²) in [7, 11) is 5.02. The molecule has 18 heavy (non-hydrogen) atoms. The van der Waals surface area contributed by atoms with E-state index in [0.29, 0.717) is 6.54 Å². The van der Waals surface area contributed by atoms with Gasteiger partial charge in [-0.3, -0.25) is 4.79 Å². The van der Waals surface area contributed by atoms with E-state index in [-0.39, 0.29) is 11.9 Å². The Kier molecular flexibility index (Phi) is 5.49. The molecule has 1 aromatic carbocycles. The summed E-state index contributed by atoms with van der Waals surface area (Å²) in [6.45, 7) is 2.60. The normalized spacial score (nSPS) is 11.8. The van der Waals surface area contributed by atoms with Crippen molar-refractivity contribution in [1.29, 1.82) is 0 Å². The zero-order valence-electron chi connectivity index (χ0n) is 11.5. The standard InChI is InChI=1S/C14H21NO3/c1-5-11(14(16)18-4)10-15(2)12-8-6-7-9-13(12)17-3/h6-9,11H,5,10H2,1-4H3. The summed E-state index contributed by atoms with van der Waals surface area (Å²) in [6.07, 6.45) is 0.756. The van der Waals surface area contributed by atoms with Gasteiger partial charge in [0, 0.05) is 13.6 Å². The van der Waals surface area contributed by atoms with Crippen LogP contribution in [0.4, 0.5) is 5.69 Å². The number of rotatable bonds is 6. The maximum Gasteiger partial charge on any atom is 0.310 e. The van der Waals surface area contributed by atoms with Crippen LogP contribution in [0.3, 0.4) is 0 Å². The highest BCUT2D eigenvalue weighted by molar-refractivity contribution is 5.73. The molecule has 0 amide bonds. The first-order valence-electron chi connectivity index (χ1n) is 6.06. The van der Waals surface area contributed by atoms with Gasteiger partial charge < -0.3 is 14.4 Å². The van der Waals surface area contributed by atoms with E-state index in [1.165, 1.54) is 7.11 Å². The molecule has 0 N–H and O–H groups in total. The fourth-order valence-electron chi connectivity index (χ4n) is 1.91. The molecule has 4 heteroatoms. The highest BCUT2D eigenvalue weighted by Gasteiger charge is 2.20. The van der Waals surface area contributed by atoms with Gasteiger partial charge in [0.05, 0.1) is 25.8 Å². The van der Waals surface area contributed by atoms with Crippen LogP contribution in [-0.4, -0.2) is 33.8 Å². The lowest BCUT2D eigenvalue weighted by Gasteiger charge is -2.25. The van der Waals surface area contributed by atoms with Crippen molar-refractivity contribution in [2.45, 2.75) is 13.3 Å². The number of ether oxygens (including phenoxy) is 2. The van der Waals surface area contributed by atoms with Crippen molar-refractivity contribution in [3.8, 4) is 5.75 Å². The van der Waals surface area contributed by atoms with E-state index in [9.17, 15) is 4.79 Å². The molecule has 1 unspecified atom stereocenters. The largest absolute Gasteiger partial charge is 0.495 e. The van der Waals surface area contributed by atoms with Crippen molar-refractivity contribution in [1.82, 2.24) is 0 Å². The average molecular weight is 251 g/mol. The molecule has 0 aromatic heterocycles. The number of methoxy groups -OCH3 is 2. The van der Waals surface area contributed by atoms with Crippen molar-refractivity contribution in [3.05, 3.63) is 24.3 Å². The zero-order valence-corrected chi connectivity index (χ0v) is 11.5. The van der Waals surface area contributed by atoms with Crippen LogP contribution >= 0.6 is 0 Å². The third-order valence-electron chi connectivity index (χ3n) is 3.02. The van der Waals surface area contributed by atoms with Crippen molar-refractivity contribution in [2.75, 3.05) is 32.7 Å². The Hall–Kier alpha value is -1.71. The Morgan fingerprint density at radius 2 is 2.00 bits per heavy atom. The van der Waals surface area contributed by atoms with Crippen LogP contribution in [0.1, 0.15) is 13.3 Å². The van der Waals surface area contributed by atoms with E-state index in [1.807, 2.05) is 43.1 Å². The van der Waals surface area contributed by atoms with Crippen molar-refractivity contribution >= 4 is 11.7 Å². The molecule has 0 saturated carbocycles. The SMILES string of the molecule is CCC(CN(C)c1ccccc1OC)C(=O)OC. The average Bonchev–Trinajstić information content (AvgIpc) is 2.43. The van der Waals surface area contributed by atoms with E-state index >= 15 is 0 Å². The van der Waals surface area contributed by atoms with Crippen molar-refractivity contribution in [3.63, 3.8) is 0 Å². The van der Waals surface area contributed by atoms with Crippen LogP contribution in [0.2, 0.25) is 0 Å². The lowest BCUT2D eigenvalue weighted by atomic mass is 10.1. The van der Waals surface area contributed by atoms with Crippen LogP contribution in [0.5, 0.6) is 5.75 Å². The predicted octanol–water partition coefficient (Wildman–Crippen LogP) is 2.33. The number of hydrogen-bond donors (Lipinski definition) is 0. The number of anilines is 1. The molecule has 0 aliphatic heterocycles. The lowest BCUT2D eigenvalue weighted by Crippen LogP contribution is -2.31. The van der Waals surface area contributed by atoms with Gasteiger partial charge in [0.2, 0.25) is 0 Å². The Bertz CT molecular complexity index is 392. The highest BCUT2D eigenvalue weighted by Crippen LogP contribution is 2.27. The Morgan fingerprint density at radius 1 is 1.33 bits per heavy atom. The monoisotopic (exact) mass is 251 g/mol. The summed E-state index contributed by atoms with van der Waals surface area (Å²) in [6, 6.07) is 7.76. The lowest BCUT2D eigenvalue weighted by molar-refractivity contribution is -0.145. The second-order valence-electron chi connectivity index (χ2n) is 4.18. The third kappa shape index (κ3) is 3.39. The molecule has 1 atom stereocenters. The van der Waals surface area contributed by atoms with Gasteiger partial charge in [0.25, 0.3) is 0 Å². The number of carbonyl (C=O) groups excluding carboxylic acids is 1. The summed E-state index contributed by atoms with van der Waals surface area (Å²) in [4.78, 5) is 13.6. The van der Waals surface area contributed by atoms with Crippen LogP contribution in [0.25, 0.3) is 0 Å². The van der Waals surface area contributed by atoms with Crippen LogP contribution in [-0.2, 0) is 9.53 Å². The maximum absolute atomic E-state index is 11.6. The molecule has 0 saturated heterocycles. The predicted molar refractivity (Wildman–Crippen MR) is 72.1 cm³/mol. The third-order valence-corrected chi connectivity index (χ3v) is 3.02. The number of carbonyl (C=O) groups is 1. The fourth-order valence-corrected chi connectivity index (χ4v) is 1.91. The summed E-state index contributed by atoms with van der Waals surface area (Å²) in [5, 5.41) is 0. The Labute approximate surface area is 108 Å². The first kappa shape index (κ1) is 14.4. The van der Waals surface area contributed by atoms with Gasteiger partial charge >= 0.3 is 5.97 Å². The second-order valence-corrected chi connectivity index (χ2v) is 4.18. The number of para-hydroxylation sites is 2. The van der Waals surface area contributed by atoms with Gasteiger partial charge in [-0.2, -0.15) is 0 Å². The molecule has 1 aromatic rings. The van der Waals surface area contributed by atoms with E-state index in [2.05, 4.69) is 0 Å². The molecule has 0 spiro atoms. The van der Waals surface area contributed by atoms with Crippen molar-refractivity contribution in [2.24, 2.45) is 5.92 Å². The molecule has 0 bridgehead atoms. The molecule has 1 rings (SSSR count). The van der Waals surface area contributed by atoms with Gasteiger partial charge in [-0.25, -0.2) is 0 Å². The van der Waals surface area contributed by atoms with Gasteiger partial charge in [0.15, 0.2) is 0 Å². The number of nitrogens with zero attached hydrogens (tertiary/aromatic N) is 1. The van der Waals surface area contributed by atoms with E-state index in [4.69, 9.17) is 9.47 Å². The summed E-state index contributed by atoms with van der Waals surface area (Å²) >= 11 is 0. The van der Waals surface area contributed by atoms with Crippen LogP contribution < -0.4 is 9.64 Å². The minimum atomic E-state index is -0.167. The van der Waals surface area contributed by atoms with Crippen molar-refractivity contribution < 1.29 is 14.3 Å². The molecule has 100 valence electrons. The summed E-state index contributed by atoms with van der Waals surface area (Å²) < 4.78 is 10.1. The Morgan fingerprint density at radius 3 is 2.56 bits per heavy atom. The first-order valence-corrected chi connectivity index (χ1v) is 6.06. The van der Waals surface area contributed by atoms with Gasteiger partial charge in [0.1, 0.15) is 5.75 Å². The molecule has 0 aliphatic carbocycles. The van der Waals surface area contributed by atoms with E-state index in [0.717, 1.165) is 17.9 Å². The molecule has 0 radical (unpaired) electrons. The molecule has 0 aliphatic rings. The molecular formula is C14H21NO3.